The quantitative estimate of drug-likeness (QED) is 0.762. The van der Waals surface area contributed by atoms with Crippen LogP contribution in [0, 0.1) is 0 Å². The van der Waals surface area contributed by atoms with Gasteiger partial charge < -0.3 is 5.32 Å². The van der Waals surface area contributed by atoms with E-state index in [0.29, 0.717) is 5.82 Å². The summed E-state index contributed by atoms with van der Waals surface area (Å²) in [5.41, 5.74) is 1.10. The van der Waals surface area contributed by atoms with Gasteiger partial charge in [-0.25, -0.2) is 0 Å². The monoisotopic (exact) mass is 179 g/mol. The molecule has 1 aromatic heterocycles. The van der Waals surface area contributed by atoms with Crippen molar-refractivity contribution in [1.82, 2.24) is 10.2 Å². The van der Waals surface area contributed by atoms with Crippen LogP contribution >= 0.6 is 0 Å². The number of carbonyl (C=O) groups is 1. The third-order valence-electron chi connectivity index (χ3n) is 1.55. The molecule has 0 bridgehead atoms. The van der Waals surface area contributed by atoms with E-state index in [-0.39, 0.29) is 5.91 Å². The molecule has 0 fully saturated rings. The third-order valence-corrected chi connectivity index (χ3v) is 1.55. The molecular formula is C9H13N3O. The van der Waals surface area contributed by atoms with Crippen LogP contribution in [0.2, 0.25) is 0 Å². The maximum Gasteiger partial charge on any atom is 0.222 e. The Balaban J connectivity index is 2.73. The lowest BCUT2D eigenvalue weighted by atomic mass is 10.2. The minimum absolute atomic E-state index is 0.122. The molecule has 0 saturated carbocycles. The largest absolute Gasteiger partial charge is 0.309 e. The SMILES string of the molecule is CCCc1cnnc(NC(C)=O)c1. The van der Waals surface area contributed by atoms with Gasteiger partial charge in [0.05, 0.1) is 6.20 Å². The topological polar surface area (TPSA) is 54.9 Å². The van der Waals surface area contributed by atoms with Gasteiger partial charge in [-0.15, -0.1) is 5.10 Å². The summed E-state index contributed by atoms with van der Waals surface area (Å²) in [7, 11) is 0. The second-order valence-corrected chi connectivity index (χ2v) is 2.88. The van der Waals surface area contributed by atoms with Gasteiger partial charge >= 0.3 is 0 Å². The zero-order valence-electron chi connectivity index (χ0n) is 7.87. The predicted octanol–water partition coefficient (Wildman–Crippen LogP) is 1.39. The zero-order chi connectivity index (χ0) is 9.68. The highest BCUT2D eigenvalue weighted by molar-refractivity contribution is 5.87. The number of aryl methyl sites for hydroxylation is 1. The highest BCUT2D eigenvalue weighted by Gasteiger charge is 1.98. The second kappa shape index (κ2) is 4.54. The highest BCUT2D eigenvalue weighted by atomic mass is 16.1. The van der Waals surface area contributed by atoms with Crippen molar-refractivity contribution in [2.24, 2.45) is 0 Å². The van der Waals surface area contributed by atoms with E-state index < -0.39 is 0 Å². The Morgan fingerprint density at radius 3 is 3.00 bits per heavy atom. The van der Waals surface area contributed by atoms with Crippen molar-refractivity contribution >= 4 is 11.7 Å². The number of amides is 1. The van der Waals surface area contributed by atoms with Gasteiger partial charge in [-0.05, 0) is 18.1 Å². The molecule has 4 nitrogen and oxygen atoms in total. The summed E-state index contributed by atoms with van der Waals surface area (Å²) in [6.45, 7) is 3.55. The fourth-order valence-electron chi connectivity index (χ4n) is 1.07. The van der Waals surface area contributed by atoms with Crippen LogP contribution in [0.5, 0.6) is 0 Å². The smallest absolute Gasteiger partial charge is 0.222 e. The first-order valence-electron chi connectivity index (χ1n) is 4.31. The van der Waals surface area contributed by atoms with Crippen LogP contribution in [-0.2, 0) is 11.2 Å². The molecule has 0 saturated heterocycles. The lowest BCUT2D eigenvalue weighted by Crippen LogP contribution is -2.08. The predicted molar refractivity (Wildman–Crippen MR) is 50.3 cm³/mol. The summed E-state index contributed by atoms with van der Waals surface area (Å²) in [5, 5.41) is 10.2. The number of hydrogen-bond donors (Lipinski definition) is 1. The van der Waals surface area contributed by atoms with Crippen LogP contribution in [-0.4, -0.2) is 16.1 Å². The fourth-order valence-corrected chi connectivity index (χ4v) is 1.07. The van der Waals surface area contributed by atoms with Crippen molar-refractivity contribution in [1.29, 1.82) is 0 Å². The number of nitrogens with zero attached hydrogens (tertiary/aromatic N) is 2. The first kappa shape index (κ1) is 9.64. The first-order chi connectivity index (χ1) is 6.22. The molecule has 4 heteroatoms. The number of carbonyl (C=O) groups excluding carboxylic acids is 1. The van der Waals surface area contributed by atoms with Crippen molar-refractivity contribution in [3.05, 3.63) is 17.8 Å². The Bertz CT molecular complexity index is 299. The van der Waals surface area contributed by atoms with Crippen LogP contribution in [0.3, 0.4) is 0 Å². The van der Waals surface area contributed by atoms with Crippen molar-refractivity contribution in [2.45, 2.75) is 26.7 Å². The van der Waals surface area contributed by atoms with Crippen molar-refractivity contribution in [3.63, 3.8) is 0 Å². The van der Waals surface area contributed by atoms with Gasteiger partial charge in [0.1, 0.15) is 0 Å². The molecule has 70 valence electrons. The Kier molecular flexibility index (Phi) is 3.37. The summed E-state index contributed by atoms with van der Waals surface area (Å²) in [6.07, 6.45) is 3.74. The number of hydrogen-bond acceptors (Lipinski definition) is 3. The van der Waals surface area contributed by atoms with E-state index in [2.05, 4.69) is 22.4 Å². The molecule has 1 rings (SSSR count). The van der Waals surface area contributed by atoms with Gasteiger partial charge in [-0.1, -0.05) is 13.3 Å². The van der Waals surface area contributed by atoms with E-state index in [1.165, 1.54) is 6.92 Å². The lowest BCUT2D eigenvalue weighted by Gasteiger charge is -2.01. The molecule has 0 unspecified atom stereocenters. The summed E-state index contributed by atoms with van der Waals surface area (Å²) in [4.78, 5) is 10.7. The van der Waals surface area contributed by atoms with Crippen LogP contribution in [0.4, 0.5) is 5.82 Å². The van der Waals surface area contributed by atoms with Gasteiger partial charge in [0.2, 0.25) is 5.91 Å². The van der Waals surface area contributed by atoms with Gasteiger partial charge in [0, 0.05) is 6.92 Å². The Hall–Kier alpha value is -1.45. The molecule has 0 aliphatic carbocycles. The molecule has 1 aromatic rings. The molecule has 0 radical (unpaired) electrons. The minimum Gasteiger partial charge on any atom is -0.309 e. The molecule has 1 amide bonds. The first-order valence-corrected chi connectivity index (χ1v) is 4.31. The summed E-state index contributed by atoms with van der Waals surface area (Å²) in [6, 6.07) is 1.85. The summed E-state index contributed by atoms with van der Waals surface area (Å²) >= 11 is 0. The number of anilines is 1. The van der Waals surface area contributed by atoms with E-state index in [4.69, 9.17) is 0 Å². The van der Waals surface area contributed by atoms with Crippen LogP contribution in [0.15, 0.2) is 12.3 Å². The second-order valence-electron chi connectivity index (χ2n) is 2.88. The normalized spacial score (nSPS) is 9.69. The molecule has 0 aliphatic heterocycles. The van der Waals surface area contributed by atoms with E-state index in [0.717, 1.165) is 18.4 Å². The summed E-state index contributed by atoms with van der Waals surface area (Å²) in [5.74, 6) is 0.404. The minimum atomic E-state index is -0.122. The molecule has 13 heavy (non-hydrogen) atoms. The molecule has 0 aromatic carbocycles. The van der Waals surface area contributed by atoms with E-state index in [1.807, 2.05) is 6.07 Å². The highest BCUT2D eigenvalue weighted by Crippen LogP contribution is 2.06. The van der Waals surface area contributed by atoms with Crippen LogP contribution < -0.4 is 5.32 Å². The molecule has 0 spiro atoms. The third kappa shape index (κ3) is 3.19. The average molecular weight is 179 g/mol. The van der Waals surface area contributed by atoms with E-state index in [1.54, 1.807) is 6.20 Å². The average Bonchev–Trinajstić information content (AvgIpc) is 2.04. The van der Waals surface area contributed by atoms with Gasteiger partial charge in [-0.2, -0.15) is 5.10 Å². The summed E-state index contributed by atoms with van der Waals surface area (Å²) < 4.78 is 0. The number of aromatic nitrogens is 2. The number of rotatable bonds is 3. The van der Waals surface area contributed by atoms with Gasteiger partial charge in [0.25, 0.3) is 0 Å². The van der Waals surface area contributed by atoms with Crippen LogP contribution in [0.1, 0.15) is 25.8 Å². The maximum atomic E-state index is 10.7. The Morgan fingerprint density at radius 2 is 2.38 bits per heavy atom. The fraction of sp³-hybridized carbons (Fsp3) is 0.444. The lowest BCUT2D eigenvalue weighted by molar-refractivity contribution is -0.114. The maximum absolute atomic E-state index is 10.7. The zero-order valence-corrected chi connectivity index (χ0v) is 7.87. The molecule has 0 atom stereocenters. The molecular weight excluding hydrogens is 166 g/mol. The Labute approximate surface area is 77.4 Å². The van der Waals surface area contributed by atoms with Crippen molar-refractivity contribution in [2.75, 3.05) is 5.32 Å². The van der Waals surface area contributed by atoms with Gasteiger partial charge in [-0.3, -0.25) is 4.79 Å². The van der Waals surface area contributed by atoms with E-state index in [9.17, 15) is 4.79 Å². The van der Waals surface area contributed by atoms with Gasteiger partial charge in [0.15, 0.2) is 5.82 Å². The molecule has 0 aliphatic rings. The molecule has 1 heterocycles. The van der Waals surface area contributed by atoms with Crippen molar-refractivity contribution < 1.29 is 4.79 Å². The Morgan fingerprint density at radius 1 is 1.62 bits per heavy atom. The van der Waals surface area contributed by atoms with E-state index >= 15 is 0 Å². The number of nitrogens with one attached hydrogen (secondary N) is 1. The van der Waals surface area contributed by atoms with Crippen molar-refractivity contribution in [3.8, 4) is 0 Å². The molecule has 1 N–H and O–H groups in total. The van der Waals surface area contributed by atoms with Crippen LogP contribution in [0.25, 0.3) is 0 Å². The standard InChI is InChI=1S/C9H13N3O/c1-3-4-8-5-9(11-7(2)13)12-10-6-8/h5-6H,3-4H2,1-2H3,(H,11,12,13).